The molecular formula is C16H24FNO. The molecule has 0 bridgehead atoms. The maximum absolute atomic E-state index is 12.9. The minimum atomic E-state index is -0.186. The molecule has 0 aromatic heterocycles. The fourth-order valence-corrected chi connectivity index (χ4v) is 2.68. The number of aliphatic hydroxyl groups excluding tert-OH is 1. The van der Waals surface area contributed by atoms with E-state index in [0.717, 1.165) is 37.8 Å². The van der Waals surface area contributed by atoms with E-state index < -0.39 is 0 Å². The third-order valence-corrected chi connectivity index (χ3v) is 4.16. The van der Waals surface area contributed by atoms with E-state index in [1.807, 2.05) is 12.1 Å². The monoisotopic (exact) mass is 265 g/mol. The van der Waals surface area contributed by atoms with Gasteiger partial charge in [-0.05, 0) is 43.4 Å². The molecule has 19 heavy (non-hydrogen) atoms. The Bertz CT molecular complexity index is 394. The molecule has 2 N–H and O–H groups in total. The van der Waals surface area contributed by atoms with Crippen molar-refractivity contribution in [3.63, 3.8) is 0 Å². The van der Waals surface area contributed by atoms with E-state index in [0.29, 0.717) is 6.04 Å². The zero-order valence-corrected chi connectivity index (χ0v) is 11.8. The smallest absolute Gasteiger partial charge is 0.123 e. The molecule has 1 aromatic carbocycles. The molecule has 0 radical (unpaired) electrons. The predicted octanol–water partition coefficient (Wildman–Crippen LogP) is 3.00. The average Bonchev–Trinajstić information content (AvgIpc) is 2.39. The van der Waals surface area contributed by atoms with E-state index in [9.17, 15) is 9.50 Å². The summed E-state index contributed by atoms with van der Waals surface area (Å²) in [7, 11) is 0. The van der Waals surface area contributed by atoms with Crippen molar-refractivity contribution in [2.75, 3.05) is 6.54 Å². The molecule has 0 unspecified atom stereocenters. The Morgan fingerprint density at radius 3 is 2.32 bits per heavy atom. The average molecular weight is 265 g/mol. The van der Waals surface area contributed by atoms with Crippen molar-refractivity contribution in [3.8, 4) is 0 Å². The second-order valence-corrected chi connectivity index (χ2v) is 6.28. The van der Waals surface area contributed by atoms with Crippen LogP contribution in [0.15, 0.2) is 24.3 Å². The van der Waals surface area contributed by atoms with Crippen LogP contribution in [-0.2, 0) is 5.41 Å². The van der Waals surface area contributed by atoms with E-state index in [1.165, 1.54) is 12.1 Å². The van der Waals surface area contributed by atoms with Crippen molar-refractivity contribution in [2.24, 2.45) is 0 Å². The van der Waals surface area contributed by atoms with Gasteiger partial charge >= 0.3 is 0 Å². The van der Waals surface area contributed by atoms with E-state index in [1.54, 1.807) is 0 Å². The molecule has 2 rings (SSSR count). The van der Waals surface area contributed by atoms with Gasteiger partial charge in [0, 0.05) is 18.0 Å². The van der Waals surface area contributed by atoms with Crippen LogP contribution in [-0.4, -0.2) is 23.8 Å². The molecule has 1 saturated carbocycles. The standard InChI is InChI=1S/C16H24FNO/c1-16(2,12-3-5-13(17)6-4-12)11-18-14-7-9-15(19)10-8-14/h3-6,14-15,18-19H,7-11H2,1-2H3. The summed E-state index contributed by atoms with van der Waals surface area (Å²) in [6.07, 6.45) is 3.77. The van der Waals surface area contributed by atoms with Crippen molar-refractivity contribution < 1.29 is 9.50 Å². The SMILES string of the molecule is CC(C)(CNC1CCC(O)CC1)c1ccc(F)cc1. The van der Waals surface area contributed by atoms with E-state index in [4.69, 9.17) is 0 Å². The first kappa shape index (κ1) is 14.5. The topological polar surface area (TPSA) is 32.3 Å². The molecular weight excluding hydrogens is 241 g/mol. The van der Waals surface area contributed by atoms with Gasteiger partial charge in [0.05, 0.1) is 6.10 Å². The number of halogens is 1. The number of hydrogen-bond acceptors (Lipinski definition) is 2. The maximum atomic E-state index is 12.9. The van der Waals surface area contributed by atoms with Gasteiger partial charge in [0.1, 0.15) is 5.82 Å². The van der Waals surface area contributed by atoms with Crippen LogP contribution >= 0.6 is 0 Å². The third kappa shape index (κ3) is 4.02. The lowest BCUT2D eigenvalue weighted by molar-refractivity contribution is 0.115. The lowest BCUT2D eigenvalue weighted by Gasteiger charge is -2.31. The first-order valence-corrected chi connectivity index (χ1v) is 7.15. The lowest BCUT2D eigenvalue weighted by Crippen LogP contribution is -2.41. The Morgan fingerprint density at radius 1 is 1.16 bits per heavy atom. The van der Waals surface area contributed by atoms with E-state index in [-0.39, 0.29) is 17.3 Å². The van der Waals surface area contributed by atoms with Crippen molar-refractivity contribution in [1.82, 2.24) is 5.32 Å². The number of aliphatic hydroxyl groups is 1. The van der Waals surface area contributed by atoms with Crippen LogP contribution in [0, 0.1) is 5.82 Å². The Kier molecular flexibility index (Phi) is 4.58. The molecule has 0 spiro atoms. The largest absolute Gasteiger partial charge is 0.393 e. The second kappa shape index (κ2) is 6.02. The van der Waals surface area contributed by atoms with E-state index in [2.05, 4.69) is 19.2 Å². The zero-order chi connectivity index (χ0) is 13.9. The third-order valence-electron chi connectivity index (χ3n) is 4.16. The van der Waals surface area contributed by atoms with Gasteiger partial charge < -0.3 is 10.4 Å². The Morgan fingerprint density at radius 2 is 1.74 bits per heavy atom. The highest BCUT2D eigenvalue weighted by Gasteiger charge is 2.24. The summed E-state index contributed by atoms with van der Waals surface area (Å²) < 4.78 is 12.9. The molecule has 0 atom stereocenters. The van der Waals surface area contributed by atoms with Crippen LogP contribution < -0.4 is 5.32 Å². The van der Waals surface area contributed by atoms with Gasteiger partial charge in [0.25, 0.3) is 0 Å². The van der Waals surface area contributed by atoms with Gasteiger partial charge in [0.15, 0.2) is 0 Å². The molecule has 2 nitrogen and oxygen atoms in total. The van der Waals surface area contributed by atoms with Crippen molar-refractivity contribution in [2.45, 2.75) is 57.1 Å². The van der Waals surface area contributed by atoms with Crippen LogP contribution in [0.3, 0.4) is 0 Å². The normalized spacial score (nSPS) is 24.4. The molecule has 1 aliphatic rings. The fraction of sp³-hybridized carbons (Fsp3) is 0.625. The van der Waals surface area contributed by atoms with E-state index >= 15 is 0 Å². The summed E-state index contributed by atoms with van der Waals surface area (Å²) in [4.78, 5) is 0. The molecule has 1 aromatic rings. The number of benzene rings is 1. The first-order chi connectivity index (χ1) is 8.97. The van der Waals surface area contributed by atoms with Crippen LogP contribution in [0.5, 0.6) is 0 Å². The molecule has 1 aliphatic carbocycles. The minimum Gasteiger partial charge on any atom is -0.393 e. The highest BCUT2D eigenvalue weighted by molar-refractivity contribution is 5.24. The molecule has 0 amide bonds. The predicted molar refractivity (Wildman–Crippen MR) is 75.7 cm³/mol. The quantitative estimate of drug-likeness (QED) is 0.877. The summed E-state index contributed by atoms with van der Waals surface area (Å²) in [5.74, 6) is -0.186. The highest BCUT2D eigenvalue weighted by atomic mass is 19.1. The molecule has 0 saturated heterocycles. The molecule has 0 aliphatic heterocycles. The Hall–Kier alpha value is -0.930. The maximum Gasteiger partial charge on any atom is 0.123 e. The van der Waals surface area contributed by atoms with Crippen LogP contribution in [0.4, 0.5) is 4.39 Å². The summed E-state index contributed by atoms with van der Waals surface area (Å²) in [6.45, 7) is 5.22. The van der Waals surface area contributed by atoms with Crippen molar-refractivity contribution >= 4 is 0 Å². The number of rotatable bonds is 4. The highest BCUT2D eigenvalue weighted by Crippen LogP contribution is 2.24. The summed E-state index contributed by atoms with van der Waals surface area (Å²) in [6, 6.07) is 7.27. The molecule has 0 heterocycles. The summed E-state index contributed by atoms with van der Waals surface area (Å²) >= 11 is 0. The Balaban J connectivity index is 1.88. The lowest BCUT2D eigenvalue weighted by atomic mass is 9.83. The molecule has 106 valence electrons. The van der Waals surface area contributed by atoms with Crippen molar-refractivity contribution in [3.05, 3.63) is 35.6 Å². The van der Waals surface area contributed by atoms with Gasteiger partial charge in [-0.1, -0.05) is 26.0 Å². The second-order valence-electron chi connectivity index (χ2n) is 6.28. The fourth-order valence-electron chi connectivity index (χ4n) is 2.68. The Labute approximate surface area is 115 Å². The molecule has 3 heteroatoms. The van der Waals surface area contributed by atoms with Gasteiger partial charge in [-0.3, -0.25) is 0 Å². The van der Waals surface area contributed by atoms with Crippen LogP contribution in [0.25, 0.3) is 0 Å². The van der Waals surface area contributed by atoms with Crippen LogP contribution in [0.1, 0.15) is 45.1 Å². The molecule has 1 fully saturated rings. The zero-order valence-electron chi connectivity index (χ0n) is 11.8. The van der Waals surface area contributed by atoms with Gasteiger partial charge in [-0.15, -0.1) is 0 Å². The summed E-state index contributed by atoms with van der Waals surface area (Å²) in [5.41, 5.74) is 1.14. The van der Waals surface area contributed by atoms with Crippen molar-refractivity contribution in [1.29, 1.82) is 0 Å². The number of nitrogens with one attached hydrogen (secondary N) is 1. The number of hydrogen-bond donors (Lipinski definition) is 2. The van der Waals surface area contributed by atoms with Gasteiger partial charge in [-0.2, -0.15) is 0 Å². The van der Waals surface area contributed by atoms with Gasteiger partial charge in [-0.25, -0.2) is 4.39 Å². The van der Waals surface area contributed by atoms with Crippen LogP contribution in [0.2, 0.25) is 0 Å². The minimum absolute atomic E-state index is 0.0102. The van der Waals surface area contributed by atoms with Gasteiger partial charge in [0.2, 0.25) is 0 Å². The first-order valence-electron chi connectivity index (χ1n) is 7.15. The summed E-state index contributed by atoms with van der Waals surface area (Å²) in [5, 5.41) is 13.1.